The highest BCUT2D eigenvalue weighted by atomic mass is 16.3. The molecule has 0 rings (SSSR count). The Morgan fingerprint density at radius 2 is 1.43 bits per heavy atom. The Morgan fingerprint density at radius 3 is 2.10 bits per heavy atom. The van der Waals surface area contributed by atoms with E-state index in [0.29, 0.717) is 0 Å². The lowest BCUT2D eigenvalue weighted by Crippen LogP contribution is -2.36. The molecule has 1 unspecified atom stereocenters. The molecular weight excluding hydrogens is 262 g/mol. The van der Waals surface area contributed by atoms with E-state index in [4.69, 9.17) is 10.8 Å². The summed E-state index contributed by atoms with van der Waals surface area (Å²) in [4.78, 5) is 0. The Balaban J connectivity index is 3.35. The van der Waals surface area contributed by atoms with E-state index in [0.717, 1.165) is 12.8 Å². The third-order valence-corrected chi connectivity index (χ3v) is 3.62. The molecule has 0 amide bonds. The van der Waals surface area contributed by atoms with Gasteiger partial charge in [-0.15, -0.1) is 0 Å². The fourth-order valence-corrected chi connectivity index (χ4v) is 2.13. The van der Waals surface area contributed by atoms with E-state index in [1.807, 2.05) is 6.08 Å². The number of aliphatic hydroxyl groups is 2. The molecule has 0 saturated carbocycles. The topological polar surface area (TPSA) is 66.5 Å². The number of hydrogen-bond donors (Lipinski definition) is 3. The van der Waals surface area contributed by atoms with Crippen molar-refractivity contribution in [1.82, 2.24) is 0 Å². The smallest absolute Gasteiger partial charge is 0.0894 e. The summed E-state index contributed by atoms with van der Waals surface area (Å²) in [6.07, 6.45) is 19.9. The van der Waals surface area contributed by atoms with Crippen molar-refractivity contribution in [3.63, 3.8) is 0 Å². The second-order valence-corrected chi connectivity index (χ2v) is 5.72. The van der Waals surface area contributed by atoms with Crippen LogP contribution in [0.1, 0.15) is 71.1 Å². The van der Waals surface area contributed by atoms with Gasteiger partial charge in [0.2, 0.25) is 0 Å². The van der Waals surface area contributed by atoms with Gasteiger partial charge in [0.05, 0.1) is 18.8 Å². The molecule has 0 fully saturated rings. The molecule has 21 heavy (non-hydrogen) atoms. The molecule has 3 nitrogen and oxygen atoms in total. The van der Waals surface area contributed by atoms with Gasteiger partial charge in [0.1, 0.15) is 0 Å². The van der Waals surface area contributed by atoms with Gasteiger partial charge in [0.25, 0.3) is 0 Å². The highest BCUT2D eigenvalue weighted by Gasteiger charge is 2.08. The first-order valence-electron chi connectivity index (χ1n) is 8.58. The average Bonchev–Trinajstić information content (AvgIpc) is 2.50. The van der Waals surface area contributed by atoms with Crippen molar-refractivity contribution < 1.29 is 10.2 Å². The number of allylic oxidation sites excluding steroid dienone is 3. The number of rotatable bonds is 14. The number of hydrogen-bond acceptors (Lipinski definition) is 3. The molecule has 0 aromatic rings. The van der Waals surface area contributed by atoms with Crippen LogP contribution >= 0.6 is 0 Å². The largest absolute Gasteiger partial charge is 0.395 e. The van der Waals surface area contributed by atoms with Crippen molar-refractivity contribution in [2.75, 3.05) is 6.61 Å². The first kappa shape index (κ1) is 20.4. The maximum Gasteiger partial charge on any atom is 0.0894 e. The van der Waals surface area contributed by atoms with E-state index >= 15 is 0 Å². The number of nitrogens with two attached hydrogens (primary N) is 1. The van der Waals surface area contributed by atoms with Gasteiger partial charge in [-0.2, -0.15) is 0 Å². The molecule has 2 atom stereocenters. The first-order valence-corrected chi connectivity index (χ1v) is 8.58. The van der Waals surface area contributed by atoms with Crippen molar-refractivity contribution in [1.29, 1.82) is 0 Å². The second-order valence-electron chi connectivity index (χ2n) is 5.72. The lowest BCUT2D eigenvalue weighted by Gasteiger charge is -2.11. The van der Waals surface area contributed by atoms with E-state index in [9.17, 15) is 5.11 Å². The molecule has 0 aromatic heterocycles. The molecule has 0 aliphatic rings. The van der Waals surface area contributed by atoms with Crippen molar-refractivity contribution in [2.24, 2.45) is 5.73 Å². The Kier molecular flexibility index (Phi) is 15.3. The van der Waals surface area contributed by atoms with E-state index in [2.05, 4.69) is 19.1 Å². The van der Waals surface area contributed by atoms with Crippen LogP contribution in [0.5, 0.6) is 0 Å². The minimum absolute atomic E-state index is 0.191. The average molecular weight is 297 g/mol. The fraction of sp³-hybridized carbons (Fsp3) is 0.778. The Morgan fingerprint density at radius 1 is 0.857 bits per heavy atom. The van der Waals surface area contributed by atoms with E-state index < -0.39 is 12.1 Å². The molecule has 0 bridgehead atoms. The molecule has 3 heteroatoms. The van der Waals surface area contributed by atoms with Crippen LogP contribution in [0.3, 0.4) is 0 Å². The zero-order valence-electron chi connectivity index (χ0n) is 13.7. The summed E-state index contributed by atoms with van der Waals surface area (Å²) >= 11 is 0. The number of aliphatic hydroxyl groups excluding tert-OH is 2. The summed E-state index contributed by atoms with van der Waals surface area (Å²) < 4.78 is 0. The predicted octanol–water partition coefficient (Wildman–Crippen LogP) is 3.70. The monoisotopic (exact) mass is 297 g/mol. The van der Waals surface area contributed by atoms with Gasteiger partial charge in [-0.1, -0.05) is 69.8 Å². The SMILES string of the molecule is CCCCCCCCC/C=C\CC/C=C/C(O)[C@@H](N)CO. The maximum absolute atomic E-state index is 9.51. The first-order chi connectivity index (χ1) is 10.2. The van der Waals surface area contributed by atoms with Crippen LogP contribution in [0.15, 0.2) is 24.3 Å². The van der Waals surface area contributed by atoms with Crippen LogP contribution in [0, 0.1) is 0 Å². The summed E-state index contributed by atoms with van der Waals surface area (Å²) in [5, 5.41) is 18.3. The lowest BCUT2D eigenvalue weighted by molar-refractivity contribution is 0.144. The van der Waals surface area contributed by atoms with Crippen molar-refractivity contribution in [3.8, 4) is 0 Å². The minimum Gasteiger partial charge on any atom is -0.395 e. The highest BCUT2D eigenvalue weighted by molar-refractivity contribution is 4.95. The van der Waals surface area contributed by atoms with Crippen LogP contribution in [-0.4, -0.2) is 29.0 Å². The van der Waals surface area contributed by atoms with E-state index in [-0.39, 0.29) is 6.61 Å². The molecular formula is C18H35NO2. The molecule has 0 radical (unpaired) electrons. The molecule has 0 aromatic carbocycles. The lowest BCUT2D eigenvalue weighted by atomic mass is 10.1. The van der Waals surface area contributed by atoms with Gasteiger partial charge in [0, 0.05) is 0 Å². The van der Waals surface area contributed by atoms with Gasteiger partial charge >= 0.3 is 0 Å². The molecule has 4 N–H and O–H groups in total. The molecule has 0 saturated heterocycles. The normalized spacial score (nSPS) is 15.0. The van der Waals surface area contributed by atoms with Crippen LogP contribution in [0.2, 0.25) is 0 Å². The molecule has 0 spiro atoms. The van der Waals surface area contributed by atoms with Crippen molar-refractivity contribution in [2.45, 2.75) is 83.3 Å². The van der Waals surface area contributed by atoms with Gasteiger partial charge < -0.3 is 15.9 Å². The third kappa shape index (κ3) is 14.1. The van der Waals surface area contributed by atoms with E-state index in [1.165, 1.54) is 51.4 Å². The summed E-state index contributed by atoms with van der Waals surface area (Å²) in [6, 6.07) is -0.575. The van der Waals surface area contributed by atoms with Gasteiger partial charge in [0.15, 0.2) is 0 Å². The molecule has 124 valence electrons. The van der Waals surface area contributed by atoms with E-state index in [1.54, 1.807) is 6.08 Å². The van der Waals surface area contributed by atoms with Crippen LogP contribution in [0.4, 0.5) is 0 Å². The summed E-state index contributed by atoms with van der Waals surface area (Å²) in [5.41, 5.74) is 5.50. The Hall–Kier alpha value is -0.640. The highest BCUT2D eigenvalue weighted by Crippen LogP contribution is 2.09. The minimum atomic E-state index is -0.744. The standard InChI is InChI=1S/C18H35NO2/c1-2-3-4-5-6-7-8-9-10-11-12-13-14-15-18(21)17(19)16-20/h10-11,14-15,17-18,20-21H,2-9,12-13,16,19H2,1H3/b11-10-,15-14+/t17-,18?/m0/s1. The quantitative estimate of drug-likeness (QED) is 0.338. The van der Waals surface area contributed by atoms with Crippen molar-refractivity contribution >= 4 is 0 Å². The maximum atomic E-state index is 9.51. The third-order valence-electron chi connectivity index (χ3n) is 3.62. The van der Waals surface area contributed by atoms with Crippen LogP contribution < -0.4 is 5.73 Å². The molecule has 0 aliphatic carbocycles. The summed E-state index contributed by atoms with van der Waals surface area (Å²) in [6.45, 7) is 2.06. The van der Waals surface area contributed by atoms with Crippen LogP contribution in [-0.2, 0) is 0 Å². The summed E-state index contributed by atoms with van der Waals surface area (Å²) in [5.74, 6) is 0. The van der Waals surface area contributed by atoms with Gasteiger partial charge in [-0.25, -0.2) is 0 Å². The second kappa shape index (κ2) is 15.7. The predicted molar refractivity (Wildman–Crippen MR) is 91.2 cm³/mol. The van der Waals surface area contributed by atoms with Crippen LogP contribution in [0.25, 0.3) is 0 Å². The van der Waals surface area contributed by atoms with Crippen molar-refractivity contribution in [3.05, 3.63) is 24.3 Å². The fourth-order valence-electron chi connectivity index (χ4n) is 2.13. The van der Waals surface area contributed by atoms with Gasteiger partial charge in [-0.05, 0) is 25.7 Å². The zero-order valence-corrected chi connectivity index (χ0v) is 13.7. The molecule has 0 aliphatic heterocycles. The Bertz CT molecular complexity index is 264. The molecule has 0 heterocycles. The Labute approximate surface area is 130 Å². The summed E-state index contributed by atoms with van der Waals surface area (Å²) in [7, 11) is 0. The van der Waals surface area contributed by atoms with Gasteiger partial charge in [-0.3, -0.25) is 0 Å². The number of unbranched alkanes of at least 4 members (excludes halogenated alkanes) is 8. The zero-order chi connectivity index (χ0) is 15.8.